The lowest BCUT2D eigenvalue weighted by atomic mass is 9.98. The van der Waals surface area contributed by atoms with E-state index in [1.807, 2.05) is 24.0 Å². The maximum absolute atomic E-state index is 12.4. The number of carbonyl (C=O) groups excluding carboxylic acids is 2. The summed E-state index contributed by atoms with van der Waals surface area (Å²) in [5.74, 6) is 1.67. The SMILES string of the molecule is CCOc1ccccc1C(=O)NCCCC(=O)N1CC2CCC(N)C2C1. The van der Waals surface area contributed by atoms with Crippen molar-refractivity contribution < 1.29 is 14.3 Å². The lowest BCUT2D eigenvalue weighted by molar-refractivity contribution is -0.130. The molecule has 0 aromatic heterocycles. The summed E-state index contributed by atoms with van der Waals surface area (Å²) in [5.41, 5.74) is 6.66. The van der Waals surface area contributed by atoms with E-state index >= 15 is 0 Å². The van der Waals surface area contributed by atoms with Crippen molar-refractivity contribution in [2.24, 2.45) is 17.6 Å². The Bertz CT molecular complexity index is 649. The minimum absolute atomic E-state index is 0.164. The molecular formula is C20H29N3O3. The molecule has 1 aromatic carbocycles. The van der Waals surface area contributed by atoms with Crippen LogP contribution in [0.5, 0.6) is 5.75 Å². The highest BCUT2D eigenvalue weighted by atomic mass is 16.5. The molecule has 3 atom stereocenters. The van der Waals surface area contributed by atoms with Gasteiger partial charge in [0, 0.05) is 32.1 Å². The van der Waals surface area contributed by atoms with Crippen LogP contribution >= 0.6 is 0 Å². The number of para-hydroxylation sites is 1. The van der Waals surface area contributed by atoms with Gasteiger partial charge in [0.2, 0.25) is 5.91 Å². The van der Waals surface area contributed by atoms with Gasteiger partial charge in [-0.05, 0) is 50.2 Å². The number of amides is 2. The first kappa shape index (κ1) is 18.7. The van der Waals surface area contributed by atoms with Gasteiger partial charge in [-0.15, -0.1) is 0 Å². The van der Waals surface area contributed by atoms with Gasteiger partial charge in [-0.25, -0.2) is 0 Å². The van der Waals surface area contributed by atoms with Gasteiger partial charge in [-0.1, -0.05) is 12.1 Å². The average molecular weight is 359 g/mol. The molecule has 3 N–H and O–H groups in total. The molecule has 6 nitrogen and oxygen atoms in total. The molecule has 1 aliphatic carbocycles. The Kier molecular flexibility index (Phi) is 6.14. The van der Waals surface area contributed by atoms with Crippen molar-refractivity contribution in [1.82, 2.24) is 10.2 Å². The van der Waals surface area contributed by atoms with E-state index < -0.39 is 0 Å². The van der Waals surface area contributed by atoms with Crippen LogP contribution in [0, 0.1) is 11.8 Å². The second-order valence-electron chi connectivity index (χ2n) is 7.25. The third-order valence-corrected chi connectivity index (χ3v) is 5.55. The number of nitrogens with zero attached hydrogens (tertiary/aromatic N) is 1. The highest BCUT2D eigenvalue weighted by Crippen LogP contribution is 2.37. The standard InChI is InChI=1S/C20H29N3O3/c1-2-26-18-7-4-3-6-15(18)20(25)22-11-5-8-19(24)23-12-14-9-10-17(21)16(14)13-23/h3-4,6-7,14,16-17H,2,5,8-13,21H2,1H3,(H,22,25). The summed E-state index contributed by atoms with van der Waals surface area (Å²) >= 11 is 0. The maximum atomic E-state index is 12.4. The van der Waals surface area contributed by atoms with E-state index in [2.05, 4.69) is 5.32 Å². The molecule has 1 heterocycles. The molecule has 1 aliphatic heterocycles. The summed E-state index contributed by atoms with van der Waals surface area (Å²) in [6, 6.07) is 7.45. The van der Waals surface area contributed by atoms with Crippen molar-refractivity contribution in [3.05, 3.63) is 29.8 Å². The number of ether oxygens (including phenoxy) is 1. The Hall–Kier alpha value is -2.08. The van der Waals surface area contributed by atoms with Crippen molar-refractivity contribution in [2.75, 3.05) is 26.2 Å². The largest absolute Gasteiger partial charge is 0.493 e. The number of hydrogen-bond acceptors (Lipinski definition) is 4. The number of benzene rings is 1. The van der Waals surface area contributed by atoms with Crippen LogP contribution in [-0.2, 0) is 4.79 Å². The molecule has 142 valence electrons. The molecule has 3 rings (SSSR count). The van der Waals surface area contributed by atoms with Crippen LogP contribution in [0.4, 0.5) is 0 Å². The zero-order valence-corrected chi connectivity index (χ0v) is 15.4. The van der Waals surface area contributed by atoms with E-state index in [4.69, 9.17) is 10.5 Å². The van der Waals surface area contributed by atoms with Gasteiger partial charge in [0.05, 0.1) is 12.2 Å². The number of fused-ring (bicyclic) bond motifs is 1. The van der Waals surface area contributed by atoms with E-state index in [0.717, 1.165) is 25.9 Å². The molecule has 2 aliphatic rings. The van der Waals surface area contributed by atoms with Gasteiger partial charge < -0.3 is 20.7 Å². The van der Waals surface area contributed by atoms with Crippen molar-refractivity contribution in [3.63, 3.8) is 0 Å². The fraction of sp³-hybridized carbons (Fsp3) is 0.600. The van der Waals surface area contributed by atoms with Crippen LogP contribution in [0.15, 0.2) is 24.3 Å². The van der Waals surface area contributed by atoms with Crippen molar-refractivity contribution in [2.45, 2.75) is 38.6 Å². The first-order valence-corrected chi connectivity index (χ1v) is 9.63. The lowest BCUT2D eigenvalue weighted by Gasteiger charge is -2.18. The fourth-order valence-corrected chi connectivity index (χ4v) is 4.14. The number of nitrogens with two attached hydrogens (primary N) is 1. The Morgan fingerprint density at radius 1 is 1.27 bits per heavy atom. The normalized spacial score (nSPS) is 24.4. The second-order valence-corrected chi connectivity index (χ2v) is 7.25. The average Bonchev–Trinajstić information content (AvgIpc) is 3.21. The van der Waals surface area contributed by atoms with Gasteiger partial charge in [0.15, 0.2) is 0 Å². The second kappa shape index (κ2) is 8.54. The van der Waals surface area contributed by atoms with Crippen molar-refractivity contribution >= 4 is 11.8 Å². The lowest BCUT2D eigenvalue weighted by Crippen LogP contribution is -2.34. The number of rotatable bonds is 7. The first-order chi connectivity index (χ1) is 12.6. The third kappa shape index (κ3) is 4.18. The molecule has 3 unspecified atom stereocenters. The summed E-state index contributed by atoms with van der Waals surface area (Å²) < 4.78 is 5.48. The summed E-state index contributed by atoms with van der Waals surface area (Å²) in [5, 5.41) is 2.88. The van der Waals surface area contributed by atoms with Crippen LogP contribution in [0.1, 0.15) is 43.0 Å². The predicted molar refractivity (Wildman–Crippen MR) is 99.9 cm³/mol. The Morgan fingerprint density at radius 3 is 2.85 bits per heavy atom. The molecule has 1 saturated carbocycles. The van der Waals surface area contributed by atoms with Crippen LogP contribution in [0.25, 0.3) is 0 Å². The van der Waals surface area contributed by atoms with E-state index in [-0.39, 0.29) is 17.9 Å². The summed E-state index contributed by atoms with van der Waals surface area (Å²) in [4.78, 5) is 26.7. The quantitative estimate of drug-likeness (QED) is 0.727. The van der Waals surface area contributed by atoms with Gasteiger partial charge in [-0.2, -0.15) is 0 Å². The first-order valence-electron chi connectivity index (χ1n) is 9.63. The topological polar surface area (TPSA) is 84.7 Å². The van der Waals surface area contributed by atoms with E-state index in [1.54, 1.807) is 12.1 Å². The summed E-state index contributed by atoms with van der Waals surface area (Å²) in [6.07, 6.45) is 3.33. The number of hydrogen-bond donors (Lipinski definition) is 2. The zero-order valence-electron chi connectivity index (χ0n) is 15.4. The predicted octanol–water partition coefficient (Wildman–Crippen LogP) is 1.79. The number of likely N-dealkylation sites (tertiary alicyclic amines) is 1. The molecule has 1 saturated heterocycles. The Balaban J connectivity index is 1.40. The van der Waals surface area contributed by atoms with Crippen LogP contribution < -0.4 is 15.8 Å². The Labute approximate surface area is 155 Å². The van der Waals surface area contributed by atoms with E-state index in [0.29, 0.717) is 49.1 Å². The van der Waals surface area contributed by atoms with E-state index in [1.165, 1.54) is 0 Å². The minimum atomic E-state index is -0.164. The molecule has 26 heavy (non-hydrogen) atoms. The monoisotopic (exact) mass is 359 g/mol. The molecule has 1 aromatic rings. The van der Waals surface area contributed by atoms with Gasteiger partial charge in [0.25, 0.3) is 5.91 Å². The van der Waals surface area contributed by atoms with Crippen LogP contribution in [-0.4, -0.2) is 49.0 Å². The molecule has 2 fully saturated rings. The highest BCUT2D eigenvalue weighted by Gasteiger charge is 2.42. The molecule has 0 spiro atoms. The molecule has 6 heteroatoms. The number of nitrogens with one attached hydrogen (secondary N) is 1. The van der Waals surface area contributed by atoms with Gasteiger partial charge >= 0.3 is 0 Å². The minimum Gasteiger partial charge on any atom is -0.493 e. The van der Waals surface area contributed by atoms with Crippen molar-refractivity contribution in [3.8, 4) is 5.75 Å². The highest BCUT2D eigenvalue weighted by molar-refractivity contribution is 5.96. The third-order valence-electron chi connectivity index (χ3n) is 5.55. The summed E-state index contributed by atoms with van der Waals surface area (Å²) in [6.45, 7) is 4.54. The smallest absolute Gasteiger partial charge is 0.255 e. The molecular weight excluding hydrogens is 330 g/mol. The van der Waals surface area contributed by atoms with Crippen LogP contribution in [0.3, 0.4) is 0 Å². The van der Waals surface area contributed by atoms with Crippen molar-refractivity contribution in [1.29, 1.82) is 0 Å². The van der Waals surface area contributed by atoms with Gasteiger partial charge in [0.1, 0.15) is 5.75 Å². The zero-order chi connectivity index (χ0) is 18.5. The fourth-order valence-electron chi connectivity index (χ4n) is 4.14. The Morgan fingerprint density at radius 2 is 2.08 bits per heavy atom. The maximum Gasteiger partial charge on any atom is 0.255 e. The van der Waals surface area contributed by atoms with Crippen LogP contribution in [0.2, 0.25) is 0 Å². The van der Waals surface area contributed by atoms with Gasteiger partial charge in [-0.3, -0.25) is 9.59 Å². The molecule has 0 radical (unpaired) electrons. The molecule has 2 amide bonds. The number of carbonyl (C=O) groups is 2. The molecule has 0 bridgehead atoms. The van der Waals surface area contributed by atoms with E-state index in [9.17, 15) is 9.59 Å². The summed E-state index contributed by atoms with van der Waals surface area (Å²) in [7, 11) is 0.